The summed E-state index contributed by atoms with van der Waals surface area (Å²) < 4.78 is 11.6. The van der Waals surface area contributed by atoms with Crippen molar-refractivity contribution in [1.82, 2.24) is 0 Å². The number of esters is 1. The molecular formula is C20H28O3Si. The van der Waals surface area contributed by atoms with Crippen molar-refractivity contribution in [3.63, 3.8) is 0 Å². The maximum Gasteiger partial charge on any atom is 0.333 e. The fourth-order valence-electron chi connectivity index (χ4n) is 2.97. The van der Waals surface area contributed by atoms with Crippen molar-refractivity contribution in [3.05, 3.63) is 53.1 Å². The van der Waals surface area contributed by atoms with Crippen molar-refractivity contribution in [3.8, 4) is 0 Å². The molecule has 1 saturated carbocycles. The van der Waals surface area contributed by atoms with E-state index in [-0.39, 0.29) is 11.6 Å². The highest BCUT2D eigenvalue weighted by molar-refractivity contribution is 6.69. The van der Waals surface area contributed by atoms with E-state index in [9.17, 15) is 4.79 Å². The van der Waals surface area contributed by atoms with Gasteiger partial charge in [0.25, 0.3) is 0 Å². The lowest BCUT2D eigenvalue weighted by Gasteiger charge is -2.46. The van der Waals surface area contributed by atoms with Crippen LogP contribution >= 0.6 is 0 Å². The Balaban J connectivity index is 2.18. The summed E-state index contributed by atoms with van der Waals surface area (Å²) in [6, 6.07) is 10.2. The Morgan fingerprint density at radius 1 is 1.21 bits per heavy atom. The van der Waals surface area contributed by atoms with Gasteiger partial charge in [0.1, 0.15) is 0 Å². The van der Waals surface area contributed by atoms with Crippen molar-refractivity contribution in [2.45, 2.75) is 51.9 Å². The van der Waals surface area contributed by atoms with Crippen molar-refractivity contribution < 1.29 is 14.0 Å². The van der Waals surface area contributed by atoms with Gasteiger partial charge in [-0.15, -0.1) is 0 Å². The summed E-state index contributed by atoms with van der Waals surface area (Å²) in [5, 5.41) is 0. The van der Waals surface area contributed by atoms with E-state index in [2.05, 4.69) is 43.9 Å². The van der Waals surface area contributed by atoms with Gasteiger partial charge >= 0.3 is 5.97 Å². The number of benzene rings is 1. The minimum absolute atomic E-state index is 0.207. The second-order valence-corrected chi connectivity index (χ2v) is 11.8. The van der Waals surface area contributed by atoms with E-state index in [0.717, 1.165) is 29.6 Å². The number of hydrogen-bond donors (Lipinski definition) is 0. The molecule has 130 valence electrons. The van der Waals surface area contributed by atoms with Crippen LogP contribution in [-0.2, 0) is 14.0 Å². The standard InChI is InChI=1S/C20H28O3Si/c1-6-22-19(21)16(2)18-14-20(15-18,23-24(3,4)5)13-12-17-10-8-7-9-11-17/h7-13H,6,14-15H2,1-5H3/b13-12+,18-16?. The van der Waals surface area contributed by atoms with Crippen LogP contribution in [0.3, 0.4) is 0 Å². The highest BCUT2D eigenvalue weighted by Gasteiger charge is 2.44. The molecule has 24 heavy (non-hydrogen) atoms. The topological polar surface area (TPSA) is 35.5 Å². The van der Waals surface area contributed by atoms with E-state index in [1.54, 1.807) is 0 Å². The number of ether oxygens (including phenoxy) is 1. The van der Waals surface area contributed by atoms with Crippen molar-refractivity contribution in [1.29, 1.82) is 0 Å². The third-order valence-electron chi connectivity index (χ3n) is 4.03. The van der Waals surface area contributed by atoms with Gasteiger partial charge in [-0.2, -0.15) is 0 Å². The zero-order valence-electron chi connectivity index (χ0n) is 15.4. The van der Waals surface area contributed by atoms with Gasteiger partial charge in [0.15, 0.2) is 8.32 Å². The van der Waals surface area contributed by atoms with E-state index in [1.165, 1.54) is 0 Å². The largest absolute Gasteiger partial charge is 0.463 e. The quantitative estimate of drug-likeness (QED) is 0.415. The minimum atomic E-state index is -1.70. The Hall–Kier alpha value is -1.65. The fraction of sp³-hybridized carbons (Fsp3) is 0.450. The molecule has 1 aliphatic carbocycles. The molecule has 0 unspecified atom stereocenters. The number of carbonyl (C=O) groups is 1. The molecule has 0 N–H and O–H groups in total. The molecule has 0 amide bonds. The maximum absolute atomic E-state index is 11.9. The molecule has 1 fully saturated rings. The van der Waals surface area contributed by atoms with Gasteiger partial charge in [-0.1, -0.05) is 48.1 Å². The third kappa shape index (κ3) is 4.92. The summed E-state index contributed by atoms with van der Waals surface area (Å²) >= 11 is 0. The summed E-state index contributed by atoms with van der Waals surface area (Å²) in [5.74, 6) is -0.207. The van der Waals surface area contributed by atoms with Crippen LogP contribution in [0.4, 0.5) is 0 Å². The second-order valence-electron chi connectivity index (χ2n) is 7.33. The van der Waals surface area contributed by atoms with Crippen LogP contribution < -0.4 is 0 Å². The lowest BCUT2D eigenvalue weighted by atomic mass is 9.73. The van der Waals surface area contributed by atoms with Gasteiger partial charge in [0.2, 0.25) is 0 Å². The van der Waals surface area contributed by atoms with Gasteiger partial charge in [-0.05, 0) is 39.1 Å². The Morgan fingerprint density at radius 2 is 1.83 bits per heavy atom. The first-order valence-corrected chi connectivity index (χ1v) is 12.0. The first-order chi connectivity index (χ1) is 11.2. The highest BCUT2D eigenvalue weighted by atomic mass is 28.4. The summed E-state index contributed by atoms with van der Waals surface area (Å²) in [6.45, 7) is 10.7. The molecule has 0 aliphatic heterocycles. The predicted molar refractivity (Wildman–Crippen MR) is 101 cm³/mol. The summed E-state index contributed by atoms with van der Waals surface area (Å²) in [7, 11) is -1.70. The Kier molecular flexibility index (Phi) is 5.83. The Morgan fingerprint density at radius 3 is 2.38 bits per heavy atom. The van der Waals surface area contributed by atoms with E-state index >= 15 is 0 Å². The van der Waals surface area contributed by atoms with Crippen LogP contribution in [0.1, 0.15) is 32.3 Å². The van der Waals surface area contributed by atoms with Crippen LogP contribution in [0.25, 0.3) is 6.08 Å². The predicted octanol–water partition coefficient (Wildman–Crippen LogP) is 4.96. The third-order valence-corrected chi connectivity index (χ3v) is 5.04. The molecule has 0 heterocycles. The zero-order chi connectivity index (χ0) is 17.8. The van der Waals surface area contributed by atoms with Crippen LogP contribution in [-0.4, -0.2) is 26.5 Å². The molecule has 4 heteroatoms. The second kappa shape index (κ2) is 7.49. The molecule has 0 spiro atoms. The monoisotopic (exact) mass is 344 g/mol. The SMILES string of the molecule is CCOC(=O)C(C)=C1CC(/C=C/c2ccccc2)(O[Si](C)(C)C)C1. The van der Waals surface area contributed by atoms with Crippen molar-refractivity contribution in [2.24, 2.45) is 0 Å². The molecule has 0 saturated heterocycles. The molecule has 1 aromatic carbocycles. The van der Waals surface area contributed by atoms with Gasteiger partial charge < -0.3 is 9.16 Å². The van der Waals surface area contributed by atoms with E-state index in [1.807, 2.05) is 32.0 Å². The maximum atomic E-state index is 11.9. The minimum Gasteiger partial charge on any atom is -0.463 e. The lowest BCUT2D eigenvalue weighted by molar-refractivity contribution is -0.138. The summed E-state index contributed by atoms with van der Waals surface area (Å²) in [5.41, 5.74) is 2.75. The van der Waals surface area contributed by atoms with Crippen LogP contribution in [0.2, 0.25) is 19.6 Å². The zero-order valence-corrected chi connectivity index (χ0v) is 16.4. The molecule has 0 atom stereocenters. The first kappa shape index (κ1) is 18.7. The van der Waals surface area contributed by atoms with Crippen molar-refractivity contribution in [2.75, 3.05) is 6.61 Å². The van der Waals surface area contributed by atoms with E-state index < -0.39 is 8.32 Å². The van der Waals surface area contributed by atoms with Crippen LogP contribution in [0.15, 0.2) is 47.6 Å². The number of hydrogen-bond acceptors (Lipinski definition) is 3. The molecule has 1 aromatic rings. The lowest BCUT2D eigenvalue weighted by Crippen LogP contribution is -2.48. The van der Waals surface area contributed by atoms with Crippen LogP contribution in [0, 0.1) is 0 Å². The molecule has 2 rings (SSSR count). The normalized spacial score (nSPS) is 20.8. The average Bonchev–Trinajstić information content (AvgIpc) is 2.48. The van der Waals surface area contributed by atoms with Gasteiger partial charge in [-0.25, -0.2) is 4.79 Å². The smallest absolute Gasteiger partial charge is 0.333 e. The highest BCUT2D eigenvalue weighted by Crippen LogP contribution is 2.45. The Bertz CT molecular complexity index is 631. The molecular weight excluding hydrogens is 316 g/mol. The number of carbonyl (C=O) groups excluding carboxylic acids is 1. The summed E-state index contributed by atoms with van der Waals surface area (Å²) in [6.07, 6.45) is 5.83. The Labute approximate surface area is 146 Å². The van der Waals surface area contributed by atoms with Gasteiger partial charge in [0, 0.05) is 18.4 Å². The first-order valence-electron chi connectivity index (χ1n) is 8.55. The molecule has 0 aromatic heterocycles. The molecule has 3 nitrogen and oxygen atoms in total. The van der Waals surface area contributed by atoms with E-state index in [4.69, 9.17) is 9.16 Å². The van der Waals surface area contributed by atoms with Crippen molar-refractivity contribution >= 4 is 20.4 Å². The molecule has 0 radical (unpaired) electrons. The van der Waals surface area contributed by atoms with E-state index in [0.29, 0.717) is 6.61 Å². The molecule has 0 bridgehead atoms. The fourth-order valence-corrected chi connectivity index (χ4v) is 4.40. The van der Waals surface area contributed by atoms with Crippen LogP contribution in [0.5, 0.6) is 0 Å². The molecule has 1 aliphatic rings. The average molecular weight is 345 g/mol. The van der Waals surface area contributed by atoms with Gasteiger partial charge in [0.05, 0.1) is 12.2 Å². The van der Waals surface area contributed by atoms with Gasteiger partial charge in [-0.3, -0.25) is 0 Å². The summed E-state index contributed by atoms with van der Waals surface area (Å²) in [4.78, 5) is 11.9. The number of rotatable bonds is 6.